The lowest BCUT2D eigenvalue weighted by atomic mass is 10.2. The second-order valence-corrected chi connectivity index (χ2v) is 6.12. The van der Waals surface area contributed by atoms with Gasteiger partial charge in [0, 0.05) is 6.07 Å². The Hall–Kier alpha value is -2.06. The highest BCUT2D eigenvalue weighted by molar-refractivity contribution is 7.92. The van der Waals surface area contributed by atoms with Gasteiger partial charge in [-0.3, -0.25) is 9.52 Å². The molecule has 20 heavy (non-hydrogen) atoms. The van der Waals surface area contributed by atoms with Crippen LogP contribution in [0.1, 0.15) is 5.56 Å². The number of aryl methyl sites for hydroxylation is 1. The normalized spacial score (nSPS) is 11.3. The first-order valence-corrected chi connectivity index (χ1v) is 7.30. The fourth-order valence-electron chi connectivity index (χ4n) is 1.52. The first-order chi connectivity index (χ1) is 9.29. The zero-order valence-electron chi connectivity index (χ0n) is 10.3. The van der Waals surface area contributed by atoms with Gasteiger partial charge in [-0.25, -0.2) is 13.5 Å². The van der Waals surface area contributed by atoms with E-state index in [1.54, 1.807) is 6.92 Å². The molecule has 1 aromatic heterocycles. The van der Waals surface area contributed by atoms with Gasteiger partial charge in [-0.05, 0) is 30.7 Å². The molecule has 0 radical (unpaired) electrons. The zero-order valence-corrected chi connectivity index (χ0v) is 11.9. The summed E-state index contributed by atoms with van der Waals surface area (Å²) in [4.78, 5) is 10.8. The van der Waals surface area contributed by atoms with Crippen molar-refractivity contribution in [1.82, 2.24) is 10.2 Å². The molecule has 4 N–H and O–H groups in total. The molecular formula is C11H11ClN4O3S. The molecule has 0 atom stereocenters. The number of nitrogen functional groups attached to an aromatic ring is 1. The Labute approximate surface area is 119 Å². The van der Waals surface area contributed by atoms with E-state index >= 15 is 0 Å². The highest BCUT2D eigenvalue weighted by Gasteiger charge is 2.17. The van der Waals surface area contributed by atoms with Gasteiger partial charge >= 0.3 is 0 Å². The zero-order chi connectivity index (χ0) is 14.9. The first kappa shape index (κ1) is 14.4. The summed E-state index contributed by atoms with van der Waals surface area (Å²) in [5.41, 5.74) is 5.92. The van der Waals surface area contributed by atoms with E-state index in [1.807, 2.05) is 0 Å². The number of hydrogen-bond acceptors (Lipinski definition) is 5. The predicted molar refractivity (Wildman–Crippen MR) is 76.3 cm³/mol. The smallest absolute Gasteiger partial charge is 0.264 e. The van der Waals surface area contributed by atoms with Gasteiger partial charge in [-0.2, -0.15) is 5.10 Å². The van der Waals surface area contributed by atoms with Crippen molar-refractivity contribution in [2.45, 2.75) is 11.8 Å². The van der Waals surface area contributed by atoms with Gasteiger partial charge in [0.1, 0.15) is 0 Å². The Morgan fingerprint density at radius 3 is 2.60 bits per heavy atom. The number of benzene rings is 1. The van der Waals surface area contributed by atoms with Gasteiger partial charge in [-0.15, -0.1) is 0 Å². The fourth-order valence-corrected chi connectivity index (χ4v) is 2.75. The Bertz CT molecular complexity index is 773. The van der Waals surface area contributed by atoms with Crippen molar-refractivity contribution in [3.63, 3.8) is 0 Å². The molecule has 0 spiro atoms. The van der Waals surface area contributed by atoms with Crippen LogP contribution in [0, 0.1) is 6.92 Å². The van der Waals surface area contributed by atoms with E-state index in [-0.39, 0.29) is 16.4 Å². The van der Waals surface area contributed by atoms with Crippen LogP contribution in [0.25, 0.3) is 0 Å². The average Bonchev–Trinajstić information content (AvgIpc) is 2.38. The number of rotatable bonds is 3. The second kappa shape index (κ2) is 5.14. The average molecular weight is 315 g/mol. The summed E-state index contributed by atoms with van der Waals surface area (Å²) in [5, 5.41) is 6.00. The van der Waals surface area contributed by atoms with Crippen LogP contribution in [0.5, 0.6) is 0 Å². The third-order valence-corrected chi connectivity index (χ3v) is 4.34. The number of aromatic amines is 1. The van der Waals surface area contributed by atoms with Crippen LogP contribution in [-0.4, -0.2) is 18.6 Å². The topological polar surface area (TPSA) is 118 Å². The lowest BCUT2D eigenvalue weighted by Crippen LogP contribution is -2.16. The van der Waals surface area contributed by atoms with E-state index in [1.165, 1.54) is 18.2 Å². The molecule has 0 aliphatic carbocycles. The van der Waals surface area contributed by atoms with Crippen molar-refractivity contribution < 1.29 is 8.42 Å². The van der Waals surface area contributed by atoms with Crippen molar-refractivity contribution in [2.24, 2.45) is 0 Å². The molecule has 0 aliphatic rings. The minimum absolute atomic E-state index is 0.00391. The highest BCUT2D eigenvalue weighted by Crippen LogP contribution is 2.27. The van der Waals surface area contributed by atoms with Crippen LogP contribution in [-0.2, 0) is 10.0 Å². The third kappa shape index (κ3) is 2.91. The number of anilines is 2. The Morgan fingerprint density at radius 1 is 1.35 bits per heavy atom. The van der Waals surface area contributed by atoms with E-state index < -0.39 is 15.6 Å². The van der Waals surface area contributed by atoms with Crippen LogP contribution in [0.15, 0.2) is 34.0 Å². The van der Waals surface area contributed by atoms with Crippen LogP contribution in [0.2, 0.25) is 5.02 Å². The minimum Gasteiger partial charge on any atom is -0.397 e. The maximum absolute atomic E-state index is 12.2. The summed E-state index contributed by atoms with van der Waals surface area (Å²) in [6.07, 6.45) is 0. The molecule has 106 valence electrons. The number of halogens is 1. The van der Waals surface area contributed by atoms with Gasteiger partial charge in [-0.1, -0.05) is 11.6 Å². The maximum Gasteiger partial charge on any atom is 0.264 e. The van der Waals surface area contributed by atoms with Gasteiger partial charge in [0.05, 0.1) is 15.6 Å². The third-order valence-electron chi connectivity index (χ3n) is 2.48. The number of nitrogens with two attached hydrogens (primary N) is 1. The molecule has 1 aromatic carbocycles. The van der Waals surface area contributed by atoms with Crippen LogP contribution < -0.4 is 16.0 Å². The Morgan fingerprint density at radius 2 is 2.05 bits per heavy atom. The molecule has 0 saturated heterocycles. The van der Waals surface area contributed by atoms with Gasteiger partial charge in [0.25, 0.3) is 15.6 Å². The summed E-state index contributed by atoms with van der Waals surface area (Å²) < 4.78 is 26.5. The van der Waals surface area contributed by atoms with E-state index in [0.29, 0.717) is 10.6 Å². The summed E-state index contributed by atoms with van der Waals surface area (Å²) in [6, 6.07) is 5.06. The molecule has 2 rings (SSSR count). The molecular weight excluding hydrogens is 304 g/mol. The number of nitrogens with one attached hydrogen (secondary N) is 2. The van der Waals surface area contributed by atoms with Crippen molar-refractivity contribution in [3.8, 4) is 0 Å². The monoisotopic (exact) mass is 314 g/mol. The van der Waals surface area contributed by atoms with Crippen molar-refractivity contribution >= 4 is 33.1 Å². The Balaban J connectivity index is 2.40. The second-order valence-electron chi connectivity index (χ2n) is 4.06. The number of hydrogen-bond donors (Lipinski definition) is 3. The van der Waals surface area contributed by atoms with E-state index in [0.717, 1.165) is 6.07 Å². The van der Waals surface area contributed by atoms with Gasteiger partial charge in [0.15, 0.2) is 5.82 Å². The molecule has 0 fully saturated rings. The van der Waals surface area contributed by atoms with Crippen molar-refractivity contribution in [2.75, 3.05) is 10.5 Å². The molecule has 9 heteroatoms. The van der Waals surface area contributed by atoms with Crippen molar-refractivity contribution in [1.29, 1.82) is 0 Å². The number of H-pyrrole nitrogens is 1. The fraction of sp³-hybridized carbons (Fsp3) is 0.0909. The maximum atomic E-state index is 12.2. The molecule has 0 bridgehead atoms. The summed E-state index contributed by atoms with van der Waals surface area (Å²) >= 11 is 5.89. The standard InChI is InChI=1S/C11H11ClN4O3S/c1-6-4-7(5-8(13)11(6)12)20(18,19)16-9-2-3-10(17)15-14-9/h2-5H,13H2,1H3,(H,14,16)(H,15,17). The molecule has 0 saturated carbocycles. The van der Waals surface area contributed by atoms with Crippen molar-refractivity contribution in [3.05, 3.63) is 45.2 Å². The van der Waals surface area contributed by atoms with Crippen LogP contribution in [0.3, 0.4) is 0 Å². The molecule has 0 amide bonds. The van der Waals surface area contributed by atoms with E-state index in [2.05, 4.69) is 14.9 Å². The molecule has 2 aromatic rings. The first-order valence-electron chi connectivity index (χ1n) is 5.44. The summed E-state index contributed by atoms with van der Waals surface area (Å²) in [7, 11) is -3.86. The van der Waals surface area contributed by atoms with Crippen LogP contribution in [0.4, 0.5) is 11.5 Å². The lowest BCUT2D eigenvalue weighted by Gasteiger charge is -2.10. The molecule has 1 heterocycles. The number of nitrogens with zero attached hydrogens (tertiary/aromatic N) is 1. The summed E-state index contributed by atoms with van der Waals surface area (Å²) in [6.45, 7) is 1.65. The number of sulfonamides is 1. The van der Waals surface area contributed by atoms with Gasteiger partial charge < -0.3 is 5.73 Å². The van der Waals surface area contributed by atoms with Crippen LogP contribution >= 0.6 is 11.6 Å². The van der Waals surface area contributed by atoms with E-state index in [4.69, 9.17) is 17.3 Å². The molecule has 0 unspecified atom stereocenters. The summed E-state index contributed by atoms with van der Waals surface area (Å²) in [5.74, 6) is -0.00391. The Kier molecular flexibility index (Phi) is 3.69. The largest absolute Gasteiger partial charge is 0.397 e. The highest BCUT2D eigenvalue weighted by atomic mass is 35.5. The van der Waals surface area contributed by atoms with Gasteiger partial charge in [0.2, 0.25) is 0 Å². The predicted octanol–water partition coefficient (Wildman–Crippen LogP) is 1.11. The minimum atomic E-state index is -3.86. The number of aromatic nitrogens is 2. The SMILES string of the molecule is Cc1cc(S(=O)(=O)Nc2ccc(=O)[nH]n2)cc(N)c1Cl. The molecule has 7 nitrogen and oxygen atoms in total. The quantitative estimate of drug-likeness (QED) is 0.733. The van der Waals surface area contributed by atoms with E-state index in [9.17, 15) is 13.2 Å². The lowest BCUT2D eigenvalue weighted by molar-refractivity contribution is 0.601. The molecule has 0 aliphatic heterocycles.